The average Bonchev–Trinajstić information content (AvgIpc) is 3.39. The molecule has 0 aliphatic heterocycles. The van der Waals surface area contributed by atoms with Crippen LogP contribution in [-0.2, 0) is 4.79 Å². The number of ether oxygens (including phenoxy) is 2. The van der Waals surface area contributed by atoms with Gasteiger partial charge in [-0.2, -0.15) is 0 Å². The number of methoxy groups -OCH3 is 2. The Morgan fingerprint density at radius 2 is 1.82 bits per heavy atom. The molecule has 0 spiro atoms. The van der Waals surface area contributed by atoms with Gasteiger partial charge in [-0.05, 0) is 24.3 Å². The number of rotatable bonds is 7. The monoisotopic (exact) mass is 547 g/mol. The topological polar surface area (TPSA) is 89.8 Å². The highest BCUT2D eigenvalue weighted by Crippen LogP contribution is 2.47. The van der Waals surface area contributed by atoms with Crippen LogP contribution in [-0.4, -0.2) is 41.5 Å². The lowest BCUT2D eigenvalue weighted by atomic mass is 10.0. The minimum absolute atomic E-state index is 0.297. The predicted molar refractivity (Wildman–Crippen MR) is 153 cm³/mol. The maximum absolute atomic E-state index is 11.8. The second kappa shape index (κ2) is 10.2. The number of hydrogen-bond donors (Lipinski definition) is 2. The second-order valence-electron chi connectivity index (χ2n) is 8.31. The second-order valence-corrected chi connectivity index (χ2v) is 9.07. The van der Waals surface area contributed by atoms with E-state index >= 15 is 0 Å². The minimum atomic E-state index is -0.297. The van der Waals surface area contributed by atoms with Crippen LogP contribution in [0.25, 0.3) is 38.9 Å². The summed E-state index contributed by atoms with van der Waals surface area (Å²) in [5.41, 5.74) is 4.79. The zero-order chi connectivity index (χ0) is 27.0. The number of hydrogen-bond acceptors (Lipinski definition) is 6. The molecule has 5 rings (SSSR count). The number of carbonyl (C=O) groups excluding carboxylic acids is 1. The maximum atomic E-state index is 11.8. The Bertz CT molecular complexity index is 1700. The van der Waals surface area contributed by atoms with E-state index in [4.69, 9.17) is 37.7 Å². The molecule has 2 aromatic carbocycles. The Morgan fingerprint density at radius 3 is 2.47 bits per heavy atom. The van der Waals surface area contributed by atoms with Crippen molar-refractivity contribution in [3.63, 3.8) is 0 Å². The van der Waals surface area contributed by atoms with Gasteiger partial charge in [0.1, 0.15) is 23.0 Å². The van der Waals surface area contributed by atoms with Crippen LogP contribution < -0.4 is 20.1 Å². The lowest BCUT2D eigenvalue weighted by Crippen LogP contribution is -2.06. The van der Waals surface area contributed by atoms with Crippen molar-refractivity contribution in [2.24, 2.45) is 0 Å². The van der Waals surface area contributed by atoms with Gasteiger partial charge >= 0.3 is 0 Å². The average molecular weight is 548 g/mol. The van der Waals surface area contributed by atoms with Gasteiger partial charge in [-0.25, -0.2) is 9.97 Å². The Balaban J connectivity index is 1.82. The fourth-order valence-electron chi connectivity index (χ4n) is 4.28. The molecule has 0 bridgehead atoms. The largest absolute Gasteiger partial charge is 0.495 e. The standard InChI is InChI=1S/C28H23Cl2N5O3/c1-5-24(36)33-17-8-6-7-15(9-17)19-14-35-20-11-23(31-2)32-13-16(20)10-18(28(35)34-19)25-26(29)21(37-3)12-22(38-4)27(25)30/h5-14H,1H2,2-4H3,(H,31,32)(H,33,36). The molecule has 38 heavy (non-hydrogen) atoms. The Hall–Kier alpha value is -4.27. The van der Waals surface area contributed by atoms with Gasteiger partial charge in [-0.15, -0.1) is 0 Å². The van der Waals surface area contributed by atoms with Gasteiger partial charge < -0.3 is 20.1 Å². The van der Waals surface area contributed by atoms with Gasteiger partial charge in [0, 0.05) is 59.3 Å². The van der Waals surface area contributed by atoms with E-state index in [9.17, 15) is 4.79 Å². The summed E-state index contributed by atoms with van der Waals surface area (Å²) in [7, 11) is 4.87. The zero-order valence-electron chi connectivity index (χ0n) is 20.8. The van der Waals surface area contributed by atoms with Crippen molar-refractivity contribution in [2.75, 3.05) is 31.9 Å². The first-order valence-corrected chi connectivity index (χ1v) is 12.3. The summed E-state index contributed by atoms with van der Waals surface area (Å²) >= 11 is 13.6. The molecule has 0 aliphatic carbocycles. The summed E-state index contributed by atoms with van der Waals surface area (Å²) in [5, 5.41) is 7.37. The number of aromatic nitrogens is 3. The Morgan fingerprint density at radius 1 is 1.08 bits per heavy atom. The highest BCUT2D eigenvalue weighted by atomic mass is 35.5. The quantitative estimate of drug-likeness (QED) is 0.220. The molecule has 0 atom stereocenters. The summed E-state index contributed by atoms with van der Waals surface area (Å²) in [6, 6.07) is 12.9. The smallest absolute Gasteiger partial charge is 0.247 e. The van der Waals surface area contributed by atoms with Gasteiger partial charge in [0.15, 0.2) is 0 Å². The maximum Gasteiger partial charge on any atom is 0.247 e. The molecule has 0 aliphatic rings. The third-order valence-electron chi connectivity index (χ3n) is 6.13. The molecular formula is C28H23Cl2N5O3. The van der Waals surface area contributed by atoms with Gasteiger partial charge in [0.05, 0.1) is 35.5 Å². The number of nitrogens with one attached hydrogen (secondary N) is 2. The van der Waals surface area contributed by atoms with E-state index < -0.39 is 0 Å². The highest BCUT2D eigenvalue weighted by molar-refractivity contribution is 6.41. The summed E-state index contributed by atoms with van der Waals surface area (Å²) in [6.07, 6.45) is 4.92. The number of fused-ring (bicyclic) bond motifs is 3. The lowest BCUT2D eigenvalue weighted by Gasteiger charge is -2.16. The van der Waals surface area contributed by atoms with Crippen molar-refractivity contribution < 1.29 is 14.3 Å². The minimum Gasteiger partial charge on any atom is -0.495 e. The van der Waals surface area contributed by atoms with E-state index in [2.05, 4.69) is 22.2 Å². The van der Waals surface area contributed by atoms with Crippen molar-refractivity contribution in [3.8, 4) is 33.9 Å². The Kier molecular flexibility index (Phi) is 6.84. The van der Waals surface area contributed by atoms with Crippen LogP contribution in [0.4, 0.5) is 11.5 Å². The van der Waals surface area contributed by atoms with Crippen LogP contribution in [0.15, 0.2) is 67.5 Å². The number of amides is 1. The van der Waals surface area contributed by atoms with E-state index in [1.807, 2.05) is 48.0 Å². The first-order valence-electron chi connectivity index (χ1n) is 11.5. The molecule has 0 fully saturated rings. The third-order valence-corrected chi connectivity index (χ3v) is 6.88. The lowest BCUT2D eigenvalue weighted by molar-refractivity contribution is -0.111. The zero-order valence-corrected chi connectivity index (χ0v) is 22.3. The van der Waals surface area contributed by atoms with E-state index in [1.54, 1.807) is 18.3 Å². The predicted octanol–water partition coefficient (Wildman–Crippen LogP) is 6.71. The van der Waals surface area contributed by atoms with Crippen LogP contribution in [0.3, 0.4) is 0 Å². The van der Waals surface area contributed by atoms with Crippen molar-refractivity contribution in [1.29, 1.82) is 0 Å². The molecule has 8 nitrogen and oxygen atoms in total. The molecular weight excluding hydrogens is 525 g/mol. The van der Waals surface area contributed by atoms with E-state index in [0.29, 0.717) is 55.5 Å². The van der Waals surface area contributed by atoms with Gasteiger partial charge in [0.25, 0.3) is 0 Å². The summed E-state index contributed by atoms with van der Waals surface area (Å²) in [6.45, 7) is 3.51. The van der Waals surface area contributed by atoms with Crippen LogP contribution in [0, 0.1) is 0 Å². The highest BCUT2D eigenvalue weighted by Gasteiger charge is 2.23. The first kappa shape index (κ1) is 25.4. The number of carbonyl (C=O) groups is 1. The normalized spacial score (nSPS) is 11.0. The van der Waals surface area contributed by atoms with Gasteiger partial charge in [-0.3, -0.25) is 9.20 Å². The van der Waals surface area contributed by atoms with Crippen molar-refractivity contribution in [3.05, 3.63) is 77.6 Å². The van der Waals surface area contributed by atoms with Gasteiger partial charge in [-0.1, -0.05) is 41.9 Å². The SMILES string of the molecule is C=CC(=O)Nc1cccc(-c2cn3c(n2)c(-c2c(Cl)c(OC)cc(OC)c2Cl)cc2cnc(NC)cc23)c1. The number of pyridine rings is 2. The summed E-state index contributed by atoms with van der Waals surface area (Å²) < 4.78 is 13.0. The Labute approximate surface area is 228 Å². The van der Waals surface area contributed by atoms with Crippen molar-refractivity contribution >= 4 is 57.2 Å². The molecule has 0 saturated carbocycles. The van der Waals surface area contributed by atoms with Crippen molar-refractivity contribution in [1.82, 2.24) is 14.4 Å². The summed E-state index contributed by atoms with van der Waals surface area (Å²) in [5.74, 6) is 1.24. The van der Waals surface area contributed by atoms with E-state index in [-0.39, 0.29) is 5.91 Å². The van der Waals surface area contributed by atoms with E-state index in [0.717, 1.165) is 16.5 Å². The number of benzene rings is 2. The third kappa shape index (κ3) is 4.38. The number of imidazole rings is 1. The number of halogens is 2. The molecule has 2 N–H and O–H groups in total. The number of anilines is 2. The fourth-order valence-corrected chi connectivity index (χ4v) is 4.98. The van der Waals surface area contributed by atoms with Crippen LogP contribution >= 0.6 is 23.2 Å². The van der Waals surface area contributed by atoms with Crippen LogP contribution in [0.1, 0.15) is 0 Å². The summed E-state index contributed by atoms with van der Waals surface area (Å²) in [4.78, 5) is 21.3. The molecule has 10 heteroatoms. The van der Waals surface area contributed by atoms with Crippen molar-refractivity contribution in [2.45, 2.75) is 0 Å². The molecule has 1 amide bonds. The van der Waals surface area contributed by atoms with Gasteiger partial charge in [0.2, 0.25) is 5.91 Å². The number of nitrogens with zero attached hydrogens (tertiary/aromatic N) is 3. The molecule has 5 aromatic rings. The van der Waals surface area contributed by atoms with Crippen LogP contribution in [0.2, 0.25) is 10.0 Å². The van der Waals surface area contributed by atoms with Crippen LogP contribution in [0.5, 0.6) is 11.5 Å². The fraction of sp³-hybridized carbons (Fsp3) is 0.107. The molecule has 0 saturated heterocycles. The van der Waals surface area contributed by atoms with E-state index in [1.165, 1.54) is 20.3 Å². The molecule has 192 valence electrons. The molecule has 0 radical (unpaired) electrons. The first-order chi connectivity index (χ1) is 18.4. The molecule has 3 heterocycles. The molecule has 3 aromatic heterocycles. The molecule has 0 unspecified atom stereocenters.